The zero-order chi connectivity index (χ0) is 27.2. The number of nitrogens with zero attached hydrogens (tertiary/aromatic N) is 4. The third-order valence-electron chi connectivity index (χ3n) is 5.33. The highest BCUT2D eigenvalue weighted by Crippen LogP contribution is 2.39. The number of aryl methyl sites for hydroxylation is 1. The molecule has 0 bridgehead atoms. The van der Waals surface area contributed by atoms with Crippen molar-refractivity contribution in [2.24, 2.45) is 0 Å². The Morgan fingerprint density at radius 3 is 2.34 bits per heavy atom. The second kappa shape index (κ2) is 11.8. The van der Waals surface area contributed by atoms with Gasteiger partial charge < -0.3 is 25.4 Å². The largest absolute Gasteiger partial charge is 0.471 e. The van der Waals surface area contributed by atoms with Crippen LogP contribution in [0.2, 0.25) is 0 Å². The van der Waals surface area contributed by atoms with E-state index in [-0.39, 0.29) is 35.6 Å². The number of hydrogen-bond acceptors (Lipinski definition) is 9. The molecule has 1 aromatic carbocycles. The van der Waals surface area contributed by atoms with Crippen molar-refractivity contribution in [3.63, 3.8) is 0 Å². The van der Waals surface area contributed by atoms with Gasteiger partial charge in [-0.3, -0.25) is 4.98 Å². The molecule has 0 atom stereocenters. The summed E-state index contributed by atoms with van der Waals surface area (Å²) in [5.41, 5.74) is 7.53. The summed E-state index contributed by atoms with van der Waals surface area (Å²) in [5.74, 6) is -0.479. The maximum absolute atomic E-state index is 13.6. The van der Waals surface area contributed by atoms with E-state index in [0.717, 1.165) is 0 Å². The predicted molar refractivity (Wildman–Crippen MR) is 132 cm³/mol. The molecule has 4 rings (SSSR count). The average molecular weight is 528 g/mol. The van der Waals surface area contributed by atoms with E-state index in [1.807, 2.05) is 0 Å². The number of alkyl halides is 2. The van der Waals surface area contributed by atoms with Crippen LogP contribution in [0.1, 0.15) is 23.5 Å². The van der Waals surface area contributed by atoms with Crippen LogP contribution in [0.3, 0.4) is 0 Å². The number of halogens is 3. The van der Waals surface area contributed by atoms with Crippen molar-refractivity contribution in [1.29, 1.82) is 0 Å². The van der Waals surface area contributed by atoms with Gasteiger partial charge in [-0.25, -0.2) is 23.1 Å². The Kier molecular flexibility index (Phi) is 8.34. The fourth-order valence-corrected chi connectivity index (χ4v) is 3.64. The molecular formula is C26H24F3N5O4. The molecule has 0 aliphatic carbocycles. The molecule has 0 unspecified atom stereocenters. The number of aromatic nitrogens is 4. The first-order valence-corrected chi connectivity index (χ1v) is 11.4. The number of pyridine rings is 2. The Bertz CT molecular complexity index is 1400. The number of aliphatic hydroxyl groups excluding tert-OH is 2. The first kappa shape index (κ1) is 26.8. The Morgan fingerprint density at radius 1 is 0.921 bits per heavy atom. The second-order valence-corrected chi connectivity index (χ2v) is 8.20. The zero-order valence-electron chi connectivity index (χ0n) is 20.2. The van der Waals surface area contributed by atoms with Gasteiger partial charge in [-0.1, -0.05) is 6.07 Å². The standard InChI is InChI=1S/C26H24F3N5O4/c1-14-9-16(10-20(31-14)24(28)29)22-23(15-5-7-17(27)8-6-15)33-26(30)34-25(22)37-13-18-3-2-4-21(32-18)38-19(11-35)12-36/h2-10,19,24,35-36H,11-13H2,1H3,(H2,30,33,34). The Labute approximate surface area is 215 Å². The van der Waals surface area contributed by atoms with Crippen molar-refractivity contribution in [2.45, 2.75) is 26.1 Å². The highest BCUT2D eigenvalue weighted by Gasteiger charge is 2.22. The van der Waals surface area contributed by atoms with E-state index in [9.17, 15) is 23.4 Å². The molecule has 3 aromatic heterocycles. The fourth-order valence-electron chi connectivity index (χ4n) is 3.64. The molecule has 0 saturated heterocycles. The molecular weight excluding hydrogens is 503 g/mol. The van der Waals surface area contributed by atoms with Gasteiger partial charge in [0.2, 0.25) is 17.7 Å². The van der Waals surface area contributed by atoms with Crippen LogP contribution in [-0.4, -0.2) is 49.5 Å². The third-order valence-corrected chi connectivity index (χ3v) is 5.33. The molecule has 0 spiro atoms. The molecule has 12 heteroatoms. The van der Waals surface area contributed by atoms with Gasteiger partial charge in [0, 0.05) is 17.3 Å². The molecule has 9 nitrogen and oxygen atoms in total. The van der Waals surface area contributed by atoms with Crippen LogP contribution >= 0.6 is 0 Å². The van der Waals surface area contributed by atoms with E-state index >= 15 is 0 Å². The molecule has 198 valence electrons. The van der Waals surface area contributed by atoms with E-state index in [1.165, 1.54) is 30.3 Å². The van der Waals surface area contributed by atoms with Crippen molar-refractivity contribution in [3.8, 4) is 34.1 Å². The average Bonchev–Trinajstić information content (AvgIpc) is 2.90. The second-order valence-electron chi connectivity index (χ2n) is 8.20. The minimum Gasteiger partial charge on any atom is -0.471 e. The lowest BCUT2D eigenvalue weighted by Crippen LogP contribution is -2.25. The molecule has 0 aliphatic rings. The number of benzene rings is 1. The quantitative estimate of drug-likeness (QED) is 0.281. The monoisotopic (exact) mass is 527 g/mol. The maximum atomic E-state index is 13.6. The van der Waals surface area contributed by atoms with Crippen LogP contribution in [-0.2, 0) is 6.61 Å². The summed E-state index contributed by atoms with van der Waals surface area (Å²) in [6.07, 6.45) is -3.67. The summed E-state index contributed by atoms with van der Waals surface area (Å²) in [7, 11) is 0. The topological polar surface area (TPSA) is 136 Å². The zero-order valence-corrected chi connectivity index (χ0v) is 20.2. The van der Waals surface area contributed by atoms with Gasteiger partial charge in [0.15, 0.2) is 0 Å². The van der Waals surface area contributed by atoms with E-state index in [2.05, 4.69) is 19.9 Å². The first-order valence-electron chi connectivity index (χ1n) is 11.4. The van der Waals surface area contributed by atoms with Crippen LogP contribution in [0.25, 0.3) is 22.4 Å². The van der Waals surface area contributed by atoms with E-state index in [4.69, 9.17) is 15.2 Å². The van der Waals surface area contributed by atoms with Gasteiger partial charge in [0.25, 0.3) is 6.43 Å². The number of nitrogen functional groups attached to an aromatic ring is 1. The molecule has 38 heavy (non-hydrogen) atoms. The Hall–Kier alpha value is -4.29. The minimum atomic E-state index is -2.82. The van der Waals surface area contributed by atoms with Crippen LogP contribution in [0.5, 0.6) is 11.8 Å². The molecule has 3 heterocycles. The van der Waals surface area contributed by atoms with Gasteiger partial charge in [0.05, 0.1) is 30.2 Å². The highest BCUT2D eigenvalue weighted by molar-refractivity contribution is 5.85. The van der Waals surface area contributed by atoms with E-state index in [1.54, 1.807) is 31.2 Å². The Morgan fingerprint density at radius 2 is 1.66 bits per heavy atom. The fraction of sp³-hybridized carbons (Fsp3) is 0.231. The molecule has 4 N–H and O–H groups in total. The molecule has 0 radical (unpaired) electrons. The van der Waals surface area contributed by atoms with Crippen LogP contribution in [0.4, 0.5) is 19.1 Å². The summed E-state index contributed by atoms with van der Waals surface area (Å²) in [6.45, 7) is 0.645. The normalized spacial score (nSPS) is 11.3. The SMILES string of the molecule is Cc1cc(-c2c(OCc3cccc(OC(CO)CO)n3)nc(N)nc2-c2ccc(F)cc2)cc(C(F)F)n1. The van der Waals surface area contributed by atoms with Crippen molar-refractivity contribution < 1.29 is 32.9 Å². The minimum absolute atomic E-state index is 0.0145. The summed E-state index contributed by atoms with van der Waals surface area (Å²) in [6, 6.07) is 13.1. The lowest BCUT2D eigenvalue weighted by molar-refractivity contribution is 0.0593. The molecule has 0 fully saturated rings. The van der Waals surface area contributed by atoms with Gasteiger partial charge in [-0.15, -0.1) is 0 Å². The maximum Gasteiger partial charge on any atom is 0.280 e. The molecule has 0 saturated carbocycles. The molecule has 4 aromatic rings. The van der Waals surface area contributed by atoms with Gasteiger partial charge in [-0.05, 0) is 55.0 Å². The van der Waals surface area contributed by atoms with Crippen LogP contribution < -0.4 is 15.2 Å². The van der Waals surface area contributed by atoms with E-state index < -0.39 is 37.3 Å². The van der Waals surface area contributed by atoms with Crippen molar-refractivity contribution in [1.82, 2.24) is 19.9 Å². The number of rotatable bonds is 10. The number of nitrogens with two attached hydrogens (primary N) is 1. The van der Waals surface area contributed by atoms with Gasteiger partial charge >= 0.3 is 0 Å². The Balaban J connectivity index is 1.78. The highest BCUT2D eigenvalue weighted by atomic mass is 19.3. The summed E-state index contributed by atoms with van der Waals surface area (Å²) >= 11 is 0. The number of aliphatic hydroxyl groups is 2. The lowest BCUT2D eigenvalue weighted by atomic mass is 9.99. The third kappa shape index (κ3) is 6.33. The van der Waals surface area contributed by atoms with Gasteiger partial charge in [-0.2, -0.15) is 4.98 Å². The molecule has 0 aliphatic heterocycles. The van der Waals surface area contributed by atoms with Crippen LogP contribution in [0, 0.1) is 12.7 Å². The van der Waals surface area contributed by atoms with Crippen molar-refractivity contribution in [3.05, 3.63) is 77.5 Å². The molecule has 0 amide bonds. The summed E-state index contributed by atoms with van der Waals surface area (Å²) < 4.78 is 52.2. The smallest absolute Gasteiger partial charge is 0.280 e. The number of ether oxygens (including phenoxy) is 2. The lowest BCUT2D eigenvalue weighted by Gasteiger charge is -2.17. The van der Waals surface area contributed by atoms with Gasteiger partial charge in [0.1, 0.15) is 24.2 Å². The number of anilines is 1. The predicted octanol–water partition coefficient (Wildman–Crippen LogP) is 3.88. The van der Waals surface area contributed by atoms with E-state index in [0.29, 0.717) is 22.5 Å². The first-order chi connectivity index (χ1) is 18.3. The van der Waals surface area contributed by atoms with Crippen LogP contribution in [0.15, 0.2) is 54.6 Å². The van der Waals surface area contributed by atoms with Crippen molar-refractivity contribution in [2.75, 3.05) is 18.9 Å². The van der Waals surface area contributed by atoms with Crippen molar-refractivity contribution >= 4 is 5.95 Å². The summed E-state index contributed by atoms with van der Waals surface area (Å²) in [5, 5.41) is 18.5. The summed E-state index contributed by atoms with van der Waals surface area (Å²) in [4.78, 5) is 16.7. The number of hydrogen-bond donors (Lipinski definition) is 3.